The van der Waals surface area contributed by atoms with E-state index in [1.54, 1.807) is 7.11 Å². The van der Waals surface area contributed by atoms with Gasteiger partial charge in [0.2, 0.25) is 0 Å². The Morgan fingerprint density at radius 3 is 2.53 bits per heavy atom. The molecule has 1 N–H and O–H groups in total. The Kier molecular flexibility index (Phi) is 5.10. The molecule has 0 spiro atoms. The number of benzene rings is 2. The maximum atomic E-state index is 5.72. The number of hydrogen-bond donors (Lipinski definition) is 1. The van der Waals surface area contributed by atoms with Crippen LogP contribution in [0.4, 0.5) is 5.69 Å². The van der Waals surface area contributed by atoms with Gasteiger partial charge in [-0.2, -0.15) is 0 Å². The number of nitrogens with one attached hydrogen (secondary N) is 1. The van der Waals surface area contributed by atoms with Crippen molar-refractivity contribution in [1.82, 2.24) is 0 Å². The number of anilines is 1. The van der Waals surface area contributed by atoms with Gasteiger partial charge in [-0.1, -0.05) is 24.3 Å². The van der Waals surface area contributed by atoms with Crippen LogP contribution in [0.5, 0.6) is 5.75 Å². The van der Waals surface area contributed by atoms with Crippen molar-refractivity contribution in [2.75, 3.05) is 18.3 Å². The average molecular weight is 276 g/mol. The SMILES string of the molecule is COc1cccc(CNc2ccc(CCCl)cc2)c1. The van der Waals surface area contributed by atoms with Crippen molar-refractivity contribution in [2.24, 2.45) is 0 Å². The fourth-order valence-electron chi connectivity index (χ4n) is 1.88. The lowest BCUT2D eigenvalue weighted by molar-refractivity contribution is 0.414. The number of hydrogen-bond acceptors (Lipinski definition) is 2. The lowest BCUT2D eigenvalue weighted by Crippen LogP contribution is -1.99. The molecule has 0 aromatic heterocycles. The van der Waals surface area contributed by atoms with Crippen LogP contribution in [0.2, 0.25) is 0 Å². The first-order valence-electron chi connectivity index (χ1n) is 6.33. The molecule has 0 heterocycles. The molecule has 2 aromatic rings. The highest BCUT2D eigenvalue weighted by Gasteiger charge is 1.97. The second kappa shape index (κ2) is 7.05. The molecular weight excluding hydrogens is 258 g/mol. The molecule has 0 aliphatic rings. The first-order valence-corrected chi connectivity index (χ1v) is 6.87. The van der Waals surface area contributed by atoms with E-state index in [2.05, 4.69) is 35.6 Å². The quantitative estimate of drug-likeness (QED) is 0.802. The van der Waals surface area contributed by atoms with E-state index in [9.17, 15) is 0 Å². The van der Waals surface area contributed by atoms with Crippen LogP contribution >= 0.6 is 11.6 Å². The van der Waals surface area contributed by atoms with E-state index in [1.165, 1.54) is 11.1 Å². The molecule has 2 rings (SSSR count). The average Bonchev–Trinajstić information content (AvgIpc) is 2.47. The number of aryl methyl sites for hydroxylation is 1. The minimum atomic E-state index is 0.663. The predicted molar refractivity (Wildman–Crippen MR) is 81.2 cm³/mol. The van der Waals surface area contributed by atoms with Gasteiger partial charge in [-0.3, -0.25) is 0 Å². The zero-order chi connectivity index (χ0) is 13.5. The monoisotopic (exact) mass is 275 g/mol. The van der Waals surface area contributed by atoms with Gasteiger partial charge in [-0.05, 0) is 41.8 Å². The fraction of sp³-hybridized carbons (Fsp3) is 0.250. The predicted octanol–water partition coefficient (Wildman–Crippen LogP) is 4.09. The molecule has 19 heavy (non-hydrogen) atoms. The summed E-state index contributed by atoms with van der Waals surface area (Å²) >= 11 is 5.72. The summed E-state index contributed by atoms with van der Waals surface area (Å²) in [4.78, 5) is 0. The highest BCUT2D eigenvalue weighted by Crippen LogP contribution is 2.15. The maximum Gasteiger partial charge on any atom is 0.119 e. The van der Waals surface area contributed by atoms with Gasteiger partial charge in [0.1, 0.15) is 5.75 Å². The van der Waals surface area contributed by atoms with E-state index in [-0.39, 0.29) is 0 Å². The normalized spacial score (nSPS) is 10.2. The summed E-state index contributed by atoms with van der Waals surface area (Å²) in [5, 5.41) is 3.39. The minimum absolute atomic E-state index is 0.663. The van der Waals surface area contributed by atoms with E-state index in [0.29, 0.717) is 5.88 Å². The van der Waals surface area contributed by atoms with Crippen molar-refractivity contribution < 1.29 is 4.74 Å². The zero-order valence-electron chi connectivity index (χ0n) is 11.0. The highest BCUT2D eigenvalue weighted by atomic mass is 35.5. The molecule has 0 unspecified atom stereocenters. The number of rotatable bonds is 6. The summed E-state index contributed by atoms with van der Waals surface area (Å²) in [5.74, 6) is 1.55. The standard InChI is InChI=1S/C16H18ClNO/c1-19-16-4-2-3-14(11-16)12-18-15-7-5-13(6-8-15)9-10-17/h2-8,11,18H,9-10,12H2,1H3. The molecule has 0 saturated carbocycles. The van der Waals surface area contributed by atoms with Crippen LogP contribution in [0.15, 0.2) is 48.5 Å². The number of halogens is 1. The largest absolute Gasteiger partial charge is 0.497 e. The molecule has 0 amide bonds. The van der Waals surface area contributed by atoms with Crippen LogP contribution < -0.4 is 10.1 Å². The van der Waals surface area contributed by atoms with Gasteiger partial charge in [-0.15, -0.1) is 11.6 Å². The van der Waals surface area contributed by atoms with Crippen LogP contribution in [0, 0.1) is 0 Å². The van der Waals surface area contributed by atoms with Gasteiger partial charge in [0, 0.05) is 18.1 Å². The summed E-state index contributed by atoms with van der Waals surface area (Å²) in [7, 11) is 1.68. The van der Waals surface area contributed by atoms with Crippen molar-refractivity contribution in [3.05, 3.63) is 59.7 Å². The van der Waals surface area contributed by atoms with Crippen LogP contribution in [0.25, 0.3) is 0 Å². The Morgan fingerprint density at radius 1 is 1.05 bits per heavy atom. The lowest BCUT2D eigenvalue weighted by atomic mass is 10.1. The molecule has 0 atom stereocenters. The third-order valence-electron chi connectivity index (χ3n) is 2.97. The summed E-state index contributed by atoms with van der Waals surface area (Å²) in [6, 6.07) is 16.5. The summed E-state index contributed by atoms with van der Waals surface area (Å²) in [5.41, 5.74) is 3.58. The van der Waals surface area contributed by atoms with E-state index in [0.717, 1.165) is 24.4 Å². The van der Waals surface area contributed by atoms with Gasteiger partial charge in [0.15, 0.2) is 0 Å². The second-order valence-electron chi connectivity index (χ2n) is 4.34. The number of ether oxygens (including phenoxy) is 1. The molecule has 0 fully saturated rings. The van der Waals surface area contributed by atoms with Crippen LogP contribution in [-0.4, -0.2) is 13.0 Å². The zero-order valence-corrected chi connectivity index (χ0v) is 11.8. The van der Waals surface area contributed by atoms with Crippen LogP contribution in [0.3, 0.4) is 0 Å². The number of methoxy groups -OCH3 is 1. The molecule has 0 saturated heterocycles. The third-order valence-corrected chi connectivity index (χ3v) is 3.16. The Balaban J connectivity index is 1.94. The molecule has 0 aliphatic heterocycles. The summed E-state index contributed by atoms with van der Waals surface area (Å²) in [6.07, 6.45) is 0.914. The smallest absolute Gasteiger partial charge is 0.119 e. The number of alkyl halides is 1. The molecular formula is C16H18ClNO. The first-order chi connectivity index (χ1) is 9.31. The molecule has 2 aromatic carbocycles. The topological polar surface area (TPSA) is 21.3 Å². The molecule has 0 aliphatic carbocycles. The molecule has 0 bridgehead atoms. The maximum absolute atomic E-state index is 5.72. The van der Waals surface area contributed by atoms with E-state index < -0.39 is 0 Å². The summed E-state index contributed by atoms with van der Waals surface area (Å²) < 4.78 is 5.21. The first kappa shape index (κ1) is 13.8. The van der Waals surface area contributed by atoms with Crippen LogP contribution in [0.1, 0.15) is 11.1 Å². The van der Waals surface area contributed by atoms with Crippen molar-refractivity contribution in [3.8, 4) is 5.75 Å². The molecule has 2 nitrogen and oxygen atoms in total. The van der Waals surface area contributed by atoms with E-state index in [1.807, 2.05) is 18.2 Å². The summed E-state index contributed by atoms with van der Waals surface area (Å²) in [6.45, 7) is 0.784. The Bertz CT molecular complexity index is 510. The minimum Gasteiger partial charge on any atom is -0.497 e. The van der Waals surface area contributed by atoms with Gasteiger partial charge >= 0.3 is 0 Å². The lowest BCUT2D eigenvalue weighted by Gasteiger charge is -2.08. The fourth-order valence-corrected chi connectivity index (χ4v) is 2.10. The Morgan fingerprint density at radius 2 is 1.84 bits per heavy atom. The van der Waals surface area contributed by atoms with Crippen molar-refractivity contribution in [1.29, 1.82) is 0 Å². The van der Waals surface area contributed by atoms with Crippen molar-refractivity contribution in [2.45, 2.75) is 13.0 Å². The van der Waals surface area contributed by atoms with Crippen molar-refractivity contribution in [3.63, 3.8) is 0 Å². The molecule has 3 heteroatoms. The molecule has 0 radical (unpaired) electrons. The van der Waals surface area contributed by atoms with Crippen LogP contribution in [-0.2, 0) is 13.0 Å². The Labute approximate surface area is 119 Å². The third kappa shape index (κ3) is 4.18. The van der Waals surface area contributed by atoms with Crippen molar-refractivity contribution >= 4 is 17.3 Å². The van der Waals surface area contributed by atoms with E-state index >= 15 is 0 Å². The highest BCUT2D eigenvalue weighted by molar-refractivity contribution is 6.17. The molecule has 100 valence electrons. The Hall–Kier alpha value is -1.67. The second-order valence-corrected chi connectivity index (χ2v) is 4.72. The van der Waals surface area contributed by atoms with Gasteiger partial charge in [-0.25, -0.2) is 0 Å². The van der Waals surface area contributed by atoms with Gasteiger partial charge < -0.3 is 10.1 Å². The van der Waals surface area contributed by atoms with Gasteiger partial charge in [0.05, 0.1) is 7.11 Å². The van der Waals surface area contributed by atoms with Gasteiger partial charge in [0.25, 0.3) is 0 Å². The van der Waals surface area contributed by atoms with E-state index in [4.69, 9.17) is 16.3 Å².